The second-order valence-electron chi connectivity index (χ2n) is 7.47. The van der Waals surface area contributed by atoms with E-state index in [4.69, 9.17) is 9.16 Å². The number of benzene rings is 1. The minimum absolute atomic E-state index is 0.221. The quantitative estimate of drug-likeness (QED) is 0.655. The minimum atomic E-state index is -2.07. The van der Waals surface area contributed by atoms with E-state index in [0.29, 0.717) is 23.0 Å². The maximum atomic E-state index is 12.1. The van der Waals surface area contributed by atoms with Gasteiger partial charge in [-0.25, -0.2) is 0 Å². The molecule has 3 nitrogen and oxygen atoms in total. The Morgan fingerprint density at radius 3 is 2.00 bits per heavy atom. The number of Topliss-reactive ketones (excluding diaryl/α,β-unsaturated/α-hetero) is 1. The van der Waals surface area contributed by atoms with Crippen molar-refractivity contribution in [3.05, 3.63) is 23.3 Å². The second kappa shape index (κ2) is 6.68. The van der Waals surface area contributed by atoms with Crippen molar-refractivity contribution in [1.29, 1.82) is 0 Å². The lowest BCUT2D eigenvalue weighted by atomic mass is 10.1. The van der Waals surface area contributed by atoms with Crippen LogP contribution in [0.4, 0.5) is 0 Å². The summed E-state index contributed by atoms with van der Waals surface area (Å²) in [4.78, 5) is 12.1. The highest BCUT2D eigenvalue weighted by atomic mass is 28.4. The number of carbonyl (C=O) groups excluding carboxylic acids is 1. The topological polar surface area (TPSA) is 35.5 Å². The van der Waals surface area contributed by atoms with E-state index in [9.17, 15) is 4.79 Å². The molecule has 4 heteroatoms. The van der Waals surface area contributed by atoms with Crippen molar-refractivity contribution in [2.75, 3.05) is 7.11 Å². The van der Waals surface area contributed by atoms with Gasteiger partial charge in [0.1, 0.15) is 0 Å². The summed E-state index contributed by atoms with van der Waals surface area (Å²) in [6.07, 6.45) is 1.35. The predicted molar refractivity (Wildman–Crippen MR) is 97.3 cm³/mol. The Labute approximate surface area is 141 Å². The van der Waals surface area contributed by atoms with Gasteiger partial charge in [-0.05, 0) is 35.2 Å². The first kappa shape index (κ1) is 18.1. The zero-order valence-electron chi connectivity index (χ0n) is 15.5. The molecular formula is C19H30O3Si. The number of ether oxygens (including phenoxy) is 1. The van der Waals surface area contributed by atoms with Gasteiger partial charge in [0.05, 0.1) is 7.11 Å². The van der Waals surface area contributed by atoms with Crippen LogP contribution >= 0.6 is 0 Å². The Kier molecular flexibility index (Phi) is 5.24. The third-order valence-corrected chi connectivity index (χ3v) is 11.3. The van der Waals surface area contributed by atoms with E-state index >= 15 is 0 Å². The van der Waals surface area contributed by atoms with Crippen LogP contribution in [0.1, 0.15) is 63.9 Å². The smallest absolute Gasteiger partial charge is 0.258 e. The Hall–Kier alpha value is -1.29. The van der Waals surface area contributed by atoms with Gasteiger partial charge in [0.15, 0.2) is 17.3 Å². The largest absolute Gasteiger partial charge is 0.540 e. The first-order valence-corrected chi connectivity index (χ1v) is 10.8. The molecule has 0 aliphatic heterocycles. The fourth-order valence-electron chi connectivity index (χ4n) is 4.29. The average molecular weight is 335 g/mol. The van der Waals surface area contributed by atoms with Gasteiger partial charge in [0.2, 0.25) is 0 Å². The van der Waals surface area contributed by atoms with E-state index < -0.39 is 8.32 Å². The molecule has 1 aliphatic rings. The molecule has 0 amide bonds. The average Bonchev–Trinajstić information content (AvgIpc) is 2.85. The molecule has 0 aromatic heterocycles. The van der Waals surface area contributed by atoms with E-state index in [0.717, 1.165) is 29.0 Å². The number of methoxy groups -OCH3 is 1. The molecule has 0 radical (unpaired) electrons. The lowest BCUT2D eigenvalue weighted by molar-refractivity contribution is 0.0994. The molecule has 1 aliphatic carbocycles. The van der Waals surface area contributed by atoms with E-state index in [-0.39, 0.29) is 5.78 Å². The van der Waals surface area contributed by atoms with Gasteiger partial charge in [-0.2, -0.15) is 0 Å². The van der Waals surface area contributed by atoms with Crippen molar-refractivity contribution in [2.24, 2.45) is 0 Å². The molecular weight excluding hydrogens is 304 g/mol. The number of ketones is 1. The lowest BCUT2D eigenvalue weighted by Crippen LogP contribution is -2.51. The lowest BCUT2D eigenvalue weighted by Gasteiger charge is -2.42. The first-order chi connectivity index (χ1) is 10.8. The summed E-state index contributed by atoms with van der Waals surface area (Å²) in [6, 6.07) is 3.78. The summed E-state index contributed by atoms with van der Waals surface area (Å²) in [5, 5.41) is 0. The van der Waals surface area contributed by atoms with Crippen molar-refractivity contribution in [1.82, 2.24) is 0 Å². The summed E-state index contributed by atoms with van der Waals surface area (Å²) in [6.45, 7) is 13.6. The highest BCUT2D eigenvalue weighted by molar-refractivity contribution is 6.78. The van der Waals surface area contributed by atoms with Crippen LogP contribution in [0.15, 0.2) is 12.1 Å². The van der Waals surface area contributed by atoms with Gasteiger partial charge in [0.25, 0.3) is 8.32 Å². The molecule has 0 saturated carbocycles. The second-order valence-corrected chi connectivity index (χ2v) is 12.8. The van der Waals surface area contributed by atoms with Crippen LogP contribution in [0.3, 0.4) is 0 Å². The standard InChI is InChI=1S/C19H30O3Si/c1-12(2)23(13(3)4,14(5)6)22-19-16-8-10-17(20)15(16)9-11-18(19)21-7/h9,11-14H,8,10H2,1-7H3. The van der Waals surface area contributed by atoms with Gasteiger partial charge < -0.3 is 9.16 Å². The number of carbonyl (C=O) groups is 1. The number of hydrogen-bond donors (Lipinski definition) is 0. The molecule has 1 aromatic rings. The van der Waals surface area contributed by atoms with Crippen LogP contribution in [0.2, 0.25) is 16.6 Å². The summed E-state index contributed by atoms with van der Waals surface area (Å²) < 4.78 is 12.4. The zero-order valence-corrected chi connectivity index (χ0v) is 16.5. The van der Waals surface area contributed by atoms with E-state index in [1.165, 1.54) is 0 Å². The van der Waals surface area contributed by atoms with Crippen LogP contribution in [-0.2, 0) is 6.42 Å². The highest BCUT2D eigenvalue weighted by Gasteiger charge is 2.48. The van der Waals surface area contributed by atoms with E-state index in [1.807, 2.05) is 12.1 Å². The van der Waals surface area contributed by atoms with Crippen LogP contribution < -0.4 is 9.16 Å². The maximum Gasteiger partial charge on any atom is 0.258 e. The molecule has 0 saturated heterocycles. The van der Waals surface area contributed by atoms with Crippen LogP contribution in [-0.4, -0.2) is 21.2 Å². The number of hydrogen-bond acceptors (Lipinski definition) is 3. The Morgan fingerprint density at radius 2 is 1.52 bits per heavy atom. The molecule has 0 spiro atoms. The van der Waals surface area contributed by atoms with Gasteiger partial charge >= 0.3 is 0 Å². The molecule has 0 N–H and O–H groups in total. The van der Waals surface area contributed by atoms with Gasteiger partial charge in [-0.3, -0.25) is 4.79 Å². The number of rotatable bonds is 6. The molecule has 0 unspecified atom stereocenters. The minimum Gasteiger partial charge on any atom is -0.540 e. The van der Waals surface area contributed by atoms with Crippen LogP contribution in [0, 0.1) is 0 Å². The van der Waals surface area contributed by atoms with Crippen molar-refractivity contribution < 1.29 is 14.0 Å². The molecule has 23 heavy (non-hydrogen) atoms. The first-order valence-electron chi connectivity index (χ1n) is 8.67. The van der Waals surface area contributed by atoms with Crippen molar-refractivity contribution in [3.8, 4) is 11.5 Å². The van der Waals surface area contributed by atoms with Gasteiger partial charge in [-0.15, -0.1) is 0 Å². The van der Waals surface area contributed by atoms with Gasteiger partial charge in [-0.1, -0.05) is 41.5 Å². The molecule has 2 rings (SSSR count). The van der Waals surface area contributed by atoms with Crippen LogP contribution in [0.25, 0.3) is 0 Å². The van der Waals surface area contributed by atoms with E-state index in [1.54, 1.807) is 7.11 Å². The monoisotopic (exact) mass is 334 g/mol. The Morgan fingerprint density at radius 1 is 0.957 bits per heavy atom. The molecule has 0 heterocycles. The van der Waals surface area contributed by atoms with E-state index in [2.05, 4.69) is 41.5 Å². The maximum absolute atomic E-state index is 12.1. The summed E-state index contributed by atoms with van der Waals surface area (Å²) >= 11 is 0. The molecule has 0 fully saturated rings. The number of fused-ring (bicyclic) bond motifs is 1. The third-order valence-electron chi connectivity index (χ3n) is 5.33. The Balaban J connectivity index is 2.59. The third kappa shape index (κ3) is 2.93. The normalized spacial score (nSPS) is 14.8. The van der Waals surface area contributed by atoms with Crippen molar-refractivity contribution in [3.63, 3.8) is 0 Å². The summed E-state index contributed by atoms with van der Waals surface area (Å²) in [5.41, 5.74) is 3.33. The fourth-order valence-corrected chi connectivity index (χ4v) is 9.58. The van der Waals surface area contributed by atoms with Crippen molar-refractivity contribution >= 4 is 14.1 Å². The fraction of sp³-hybridized carbons (Fsp3) is 0.632. The summed E-state index contributed by atoms with van der Waals surface area (Å²) in [5.74, 6) is 1.81. The van der Waals surface area contributed by atoms with Crippen LogP contribution in [0.5, 0.6) is 11.5 Å². The Bertz CT molecular complexity index is 569. The van der Waals surface area contributed by atoms with Crippen molar-refractivity contribution in [2.45, 2.75) is 71.0 Å². The molecule has 0 atom stereocenters. The molecule has 128 valence electrons. The SMILES string of the molecule is COc1ccc2c(c1O[Si](C(C)C)(C(C)C)C(C)C)CCC2=O. The molecule has 1 aromatic carbocycles. The summed E-state index contributed by atoms with van der Waals surface area (Å²) in [7, 11) is -0.397. The predicted octanol–water partition coefficient (Wildman–Crippen LogP) is 5.38. The zero-order chi connectivity index (χ0) is 17.4. The highest BCUT2D eigenvalue weighted by Crippen LogP contribution is 2.47. The van der Waals surface area contributed by atoms with Gasteiger partial charge in [0, 0.05) is 17.5 Å². The molecule has 0 bridgehead atoms.